The van der Waals surface area contributed by atoms with Crippen molar-refractivity contribution in [2.75, 3.05) is 19.0 Å². The number of halogens is 1. The van der Waals surface area contributed by atoms with Gasteiger partial charge in [-0.3, -0.25) is 0 Å². The molecule has 1 aliphatic heterocycles. The van der Waals surface area contributed by atoms with Crippen LogP contribution in [0.25, 0.3) is 0 Å². The Balaban J connectivity index is 1.65. The van der Waals surface area contributed by atoms with Crippen LogP contribution in [0.1, 0.15) is 17.3 Å². The highest BCUT2D eigenvalue weighted by atomic mass is 19.1. The highest BCUT2D eigenvalue weighted by Gasteiger charge is 2.32. The highest BCUT2D eigenvalue weighted by molar-refractivity contribution is 5.90. The van der Waals surface area contributed by atoms with Gasteiger partial charge in [-0.1, -0.05) is 12.1 Å². The molecule has 0 spiro atoms. The number of nitrogens with zero attached hydrogens (tertiary/aromatic N) is 2. The molecule has 2 aromatic carbocycles. The lowest BCUT2D eigenvalue weighted by atomic mass is 10.00. The lowest BCUT2D eigenvalue weighted by Gasteiger charge is -2.37. The van der Waals surface area contributed by atoms with Crippen LogP contribution < -0.4 is 10.1 Å². The second kappa shape index (κ2) is 7.15. The third-order valence-corrected chi connectivity index (χ3v) is 4.83. The predicted octanol–water partition coefficient (Wildman–Crippen LogP) is 4.27. The van der Waals surface area contributed by atoms with Crippen LogP contribution in [-0.4, -0.2) is 29.2 Å². The van der Waals surface area contributed by atoms with Gasteiger partial charge in [0, 0.05) is 30.7 Å². The van der Waals surface area contributed by atoms with Crippen molar-refractivity contribution in [1.29, 1.82) is 0 Å². The Kier molecular flexibility index (Phi) is 4.54. The van der Waals surface area contributed by atoms with Crippen molar-refractivity contribution in [2.45, 2.75) is 12.6 Å². The average Bonchev–Trinajstić information content (AvgIpc) is 3.18. The smallest absolute Gasteiger partial charge is 0.322 e. The van der Waals surface area contributed by atoms with Gasteiger partial charge in [0.25, 0.3) is 0 Å². The molecule has 6 heteroatoms. The van der Waals surface area contributed by atoms with Crippen molar-refractivity contribution in [3.05, 3.63) is 83.9 Å². The van der Waals surface area contributed by atoms with E-state index in [1.165, 1.54) is 12.1 Å². The number of ether oxygens (including phenoxy) is 1. The molecule has 1 N–H and O–H groups in total. The van der Waals surface area contributed by atoms with Gasteiger partial charge >= 0.3 is 6.03 Å². The summed E-state index contributed by atoms with van der Waals surface area (Å²) in [5, 5.41) is 2.87. The number of carbonyl (C=O) groups excluding carboxylic acids is 1. The van der Waals surface area contributed by atoms with Crippen molar-refractivity contribution in [2.24, 2.45) is 0 Å². The van der Waals surface area contributed by atoms with Crippen LogP contribution in [0, 0.1) is 5.82 Å². The molecule has 1 aliphatic rings. The number of amides is 2. The average molecular weight is 365 g/mol. The van der Waals surface area contributed by atoms with Crippen molar-refractivity contribution in [1.82, 2.24) is 9.47 Å². The van der Waals surface area contributed by atoms with E-state index >= 15 is 0 Å². The van der Waals surface area contributed by atoms with Gasteiger partial charge in [0.1, 0.15) is 11.6 Å². The van der Waals surface area contributed by atoms with Gasteiger partial charge in [-0.25, -0.2) is 9.18 Å². The molecule has 0 bridgehead atoms. The number of rotatable bonds is 3. The second-order valence-electron chi connectivity index (χ2n) is 6.43. The first-order valence-corrected chi connectivity index (χ1v) is 8.78. The molecule has 2 amide bonds. The van der Waals surface area contributed by atoms with E-state index in [9.17, 15) is 9.18 Å². The number of urea groups is 1. The second-order valence-corrected chi connectivity index (χ2v) is 6.43. The fourth-order valence-electron chi connectivity index (χ4n) is 3.47. The van der Waals surface area contributed by atoms with E-state index < -0.39 is 0 Å². The van der Waals surface area contributed by atoms with E-state index in [1.807, 2.05) is 42.6 Å². The van der Waals surface area contributed by atoms with E-state index in [0.717, 1.165) is 23.6 Å². The molecule has 0 fully saturated rings. The van der Waals surface area contributed by atoms with E-state index in [-0.39, 0.29) is 17.9 Å². The zero-order chi connectivity index (χ0) is 18.8. The molecule has 138 valence electrons. The van der Waals surface area contributed by atoms with Gasteiger partial charge < -0.3 is 19.5 Å². The normalized spacial score (nSPS) is 15.9. The SMILES string of the molecule is COc1ccc([C@@H]2c3cccn3CCN2C(=O)Nc2ccc(F)cc2)cc1. The number of hydrogen-bond donors (Lipinski definition) is 1. The molecule has 27 heavy (non-hydrogen) atoms. The van der Waals surface area contributed by atoms with Crippen LogP contribution in [-0.2, 0) is 6.54 Å². The first-order valence-electron chi connectivity index (χ1n) is 8.78. The Hall–Kier alpha value is -3.28. The highest BCUT2D eigenvalue weighted by Crippen LogP contribution is 2.33. The third kappa shape index (κ3) is 3.38. The zero-order valence-electron chi connectivity index (χ0n) is 14.9. The van der Waals surface area contributed by atoms with Gasteiger partial charge in [0.15, 0.2) is 0 Å². The fraction of sp³-hybridized carbons (Fsp3) is 0.190. The maximum Gasteiger partial charge on any atom is 0.322 e. The number of hydrogen-bond acceptors (Lipinski definition) is 2. The largest absolute Gasteiger partial charge is 0.497 e. The van der Waals surface area contributed by atoms with Crippen molar-refractivity contribution in [3.8, 4) is 5.75 Å². The summed E-state index contributed by atoms with van der Waals surface area (Å²) in [6.45, 7) is 1.30. The van der Waals surface area contributed by atoms with Gasteiger partial charge in [0.05, 0.1) is 13.2 Å². The maximum atomic E-state index is 13.1. The van der Waals surface area contributed by atoms with E-state index in [1.54, 1.807) is 24.1 Å². The van der Waals surface area contributed by atoms with Crippen LogP contribution >= 0.6 is 0 Å². The minimum absolute atomic E-state index is 0.208. The number of benzene rings is 2. The Morgan fingerprint density at radius 2 is 1.81 bits per heavy atom. The molecule has 2 heterocycles. The minimum Gasteiger partial charge on any atom is -0.497 e. The van der Waals surface area contributed by atoms with Crippen LogP contribution in [0.5, 0.6) is 5.75 Å². The quantitative estimate of drug-likeness (QED) is 0.753. The van der Waals surface area contributed by atoms with Gasteiger partial charge in [-0.2, -0.15) is 0 Å². The Morgan fingerprint density at radius 1 is 1.07 bits per heavy atom. The number of fused-ring (bicyclic) bond motifs is 1. The van der Waals surface area contributed by atoms with Crippen molar-refractivity contribution >= 4 is 11.7 Å². The van der Waals surface area contributed by atoms with Crippen LogP contribution in [0.2, 0.25) is 0 Å². The summed E-state index contributed by atoms with van der Waals surface area (Å²) in [5.74, 6) is 0.437. The zero-order valence-corrected chi connectivity index (χ0v) is 14.9. The summed E-state index contributed by atoms with van der Waals surface area (Å²) in [4.78, 5) is 14.8. The molecular weight excluding hydrogens is 345 g/mol. The number of carbonyl (C=O) groups is 1. The summed E-state index contributed by atoms with van der Waals surface area (Å²) >= 11 is 0. The first kappa shape index (κ1) is 17.1. The standard InChI is InChI=1S/C21H20FN3O2/c1-27-18-10-4-15(5-11-18)20-19-3-2-12-24(19)13-14-25(20)21(26)23-17-8-6-16(22)7-9-17/h2-12,20H,13-14H2,1H3,(H,23,26)/t20-/m1/s1. The molecule has 0 unspecified atom stereocenters. The molecule has 4 rings (SSSR count). The molecule has 0 saturated heterocycles. The Morgan fingerprint density at radius 3 is 2.52 bits per heavy atom. The summed E-state index contributed by atoms with van der Waals surface area (Å²) < 4.78 is 20.5. The van der Waals surface area contributed by atoms with E-state index in [2.05, 4.69) is 9.88 Å². The van der Waals surface area contributed by atoms with Crippen LogP contribution in [0.4, 0.5) is 14.9 Å². The minimum atomic E-state index is -0.333. The first-order chi connectivity index (χ1) is 13.2. The van der Waals surface area contributed by atoms with Crippen LogP contribution in [0.3, 0.4) is 0 Å². The molecule has 0 radical (unpaired) electrons. The summed E-state index contributed by atoms with van der Waals surface area (Å²) in [6.07, 6.45) is 2.03. The maximum absolute atomic E-state index is 13.1. The van der Waals surface area contributed by atoms with Crippen molar-refractivity contribution in [3.63, 3.8) is 0 Å². The molecule has 0 aliphatic carbocycles. The lowest BCUT2D eigenvalue weighted by molar-refractivity contribution is 0.182. The van der Waals surface area contributed by atoms with Gasteiger partial charge in [0.2, 0.25) is 0 Å². The summed E-state index contributed by atoms with van der Waals surface area (Å²) in [5.41, 5.74) is 2.63. The topological polar surface area (TPSA) is 46.5 Å². The molecule has 1 aromatic heterocycles. The number of anilines is 1. The molecule has 1 atom stereocenters. The van der Waals surface area contributed by atoms with E-state index in [4.69, 9.17) is 4.74 Å². The molecule has 5 nitrogen and oxygen atoms in total. The monoisotopic (exact) mass is 365 g/mol. The predicted molar refractivity (Wildman–Crippen MR) is 101 cm³/mol. The van der Waals surface area contributed by atoms with Gasteiger partial charge in [-0.15, -0.1) is 0 Å². The van der Waals surface area contributed by atoms with Gasteiger partial charge in [-0.05, 0) is 54.1 Å². The number of aromatic nitrogens is 1. The molecule has 3 aromatic rings. The number of methoxy groups -OCH3 is 1. The lowest BCUT2D eigenvalue weighted by Crippen LogP contribution is -2.44. The molecule has 0 saturated carbocycles. The third-order valence-electron chi connectivity index (χ3n) is 4.83. The Bertz CT molecular complexity index is 935. The van der Waals surface area contributed by atoms with Crippen molar-refractivity contribution < 1.29 is 13.9 Å². The summed E-state index contributed by atoms with van der Waals surface area (Å²) in [6, 6.07) is 17.1. The fourth-order valence-corrected chi connectivity index (χ4v) is 3.47. The Labute approximate surface area is 157 Å². The molecular formula is C21H20FN3O2. The summed E-state index contributed by atoms with van der Waals surface area (Å²) in [7, 11) is 1.63. The van der Waals surface area contributed by atoms with Crippen LogP contribution in [0.15, 0.2) is 66.9 Å². The van der Waals surface area contributed by atoms with E-state index in [0.29, 0.717) is 12.2 Å². The number of nitrogens with one attached hydrogen (secondary N) is 1.